The SMILES string of the molecule is Fc1cnc(F)nc1. The van der Waals surface area contributed by atoms with Gasteiger partial charge in [-0.05, 0) is 0 Å². The van der Waals surface area contributed by atoms with Crippen LogP contribution < -0.4 is 0 Å². The normalized spacial score (nSPS) is 9.25. The highest BCUT2D eigenvalue weighted by molar-refractivity contribution is 4.82. The molecule has 0 bridgehead atoms. The lowest BCUT2D eigenvalue weighted by Gasteiger charge is -1.82. The molecule has 42 valence electrons. The quantitative estimate of drug-likeness (QED) is 0.467. The smallest absolute Gasteiger partial charge is 0.208 e. The Hall–Kier alpha value is -1.06. The molecule has 0 aliphatic carbocycles. The molecule has 0 saturated carbocycles. The molecule has 4 heteroatoms. The second kappa shape index (κ2) is 1.81. The molecule has 1 aromatic heterocycles. The third-order valence-corrected chi connectivity index (χ3v) is 0.589. The second-order valence-electron chi connectivity index (χ2n) is 1.17. The van der Waals surface area contributed by atoms with Gasteiger partial charge in [0.05, 0.1) is 12.4 Å². The third kappa shape index (κ3) is 0.959. The van der Waals surface area contributed by atoms with Crippen LogP contribution in [0.2, 0.25) is 0 Å². The summed E-state index contributed by atoms with van der Waals surface area (Å²) in [5.41, 5.74) is 0. The molecule has 0 saturated heterocycles. The molecule has 1 heterocycles. The van der Waals surface area contributed by atoms with Crippen molar-refractivity contribution >= 4 is 0 Å². The lowest BCUT2D eigenvalue weighted by atomic mass is 10.6. The zero-order chi connectivity index (χ0) is 5.98. The van der Waals surface area contributed by atoms with Gasteiger partial charge in [-0.2, -0.15) is 4.39 Å². The maximum absolute atomic E-state index is 11.8. The van der Waals surface area contributed by atoms with Crippen molar-refractivity contribution in [1.29, 1.82) is 0 Å². The molecule has 0 spiro atoms. The van der Waals surface area contributed by atoms with Crippen molar-refractivity contribution in [3.05, 3.63) is 24.3 Å². The lowest BCUT2D eigenvalue weighted by Crippen LogP contribution is -1.87. The predicted octanol–water partition coefficient (Wildman–Crippen LogP) is 0.755. The number of hydrogen-bond acceptors (Lipinski definition) is 2. The van der Waals surface area contributed by atoms with Crippen molar-refractivity contribution in [2.75, 3.05) is 0 Å². The summed E-state index contributed by atoms with van der Waals surface area (Å²) in [5, 5.41) is 0. The van der Waals surface area contributed by atoms with Gasteiger partial charge in [-0.15, -0.1) is 0 Å². The summed E-state index contributed by atoms with van der Waals surface area (Å²) in [7, 11) is 0. The van der Waals surface area contributed by atoms with Gasteiger partial charge in [-0.3, -0.25) is 0 Å². The van der Waals surface area contributed by atoms with Crippen LogP contribution >= 0.6 is 0 Å². The Morgan fingerprint density at radius 3 is 2.00 bits per heavy atom. The summed E-state index contributed by atoms with van der Waals surface area (Å²) in [6.07, 6.45) is 0.622. The van der Waals surface area contributed by atoms with Crippen LogP contribution in [0, 0.1) is 11.9 Å². The third-order valence-electron chi connectivity index (χ3n) is 0.589. The fourth-order valence-corrected chi connectivity index (χ4v) is 0.297. The van der Waals surface area contributed by atoms with E-state index in [4.69, 9.17) is 0 Å². The van der Waals surface area contributed by atoms with Gasteiger partial charge >= 0.3 is 6.08 Å². The minimum absolute atomic E-state index is 0.633. The van der Waals surface area contributed by atoms with Crippen LogP contribution in [0.25, 0.3) is 0 Å². The highest BCUT2D eigenvalue weighted by Gasteiger charge is 1.89. The average Bonchev–Trinajstić information content (AvgIpc) is 1.77. The molecule has 0 N–H and O–H groups in total. The fourth-order valence-electron chi connectivity index (χ4n) is 0.297. The van der Waals surface area contributed by atoms with Crippen molar-refractivity contribution in [2.45, 2.75) is 0 Å². The Balaban J connectivity index is 3.03. The monoisotopic (exact) mass is 116 g/mol. The van der Waals surface area contributed by atoms with Crippen LogP contribution in [-0.4, -0.2) is 9.97 Å². The molecule has 0 aliphatic rings. The first kappa shape index (κ1) is 5.08. The maximum Gasteiger partial charge on any atom is 0.308 e. The van der Waals surface area contributed by atoms with Crippen LogP contribution in [0.1, 0.15) is 0 Å². The first-order valence-corrected chi connectivity index (χ1v) is 1.92. The van der Waals surface area contributed by atoms with Crippen molar-refractivity contribution in [2.24, 2.45) is 0 Å². The van der Waals surface area contributed by atoms with Crippen LogP contribution in [0.15, 0.2) is 12.4 Å². The number of hydrogen-bond donors (Lipinski definition) is 0. The Morgan fingerprint density at radius 1 is 1.12 bits per heavy atom. The molecule has 0 amide bonds. The van der Waals surface area contributed by atoms with E-state index in [9.17, 15) is 8.78 Å². The van der Waals surface area contributed by atoms with Gasteiger partial charge < -0.3 is 0 Å². The molecule has 0 atom stereocenters. The van der Waals surface area contributed by atoms with E-state index in [1.807, 2.05) is 0 Å². The van der Waals surface area contributed by atoms with Gasteiger partial charge in [0.15, 0.2) is 5.82 Å². The molecular formula is C4H2F2N2. The van der Waals surface area contributed by atoms with Crippen LogP contribution in [-0.2, 0) is 0 Å². The lowest BCUT2D eigenvalue weighted by molar-refractivity contribution is 0.516. The standard InChI is InChI=1S/C4H2F2N2/c5-3-1-7-4(6)8-2-3/h1-2H. The van der Waals surface area contributed by atoms with E-state index < -0.39 is 11.9 Å². The first-order chi connectivity index (χ1) is 3.79. The van der Waals surface area contributed by atoms with Crippen molar-refractivity contribution in [1.82, 2.24) is 9.97 Å². The van der Waals surface area contributed by atoms with E-state index in [1.165, 1.54) is 0 Å². The summed E-state index contributed by atoms with van der Waals surface area (Å²) in [6.45, 7) is 0. The maximum atomic E-state index is 11.8. The number of aromatic nitrogens is 2. The van der Waals surface area contributed by atoms with Crippen LogP contribution in [0.5, 0.6) is 0 Å². The summed E-state index contributed by atoms with van der Waals surface area (Å²) < 4.78 is 23.5. The Morgan fingerprint density at radius 2 is 1.62 bits per heavy atom. The largest absolute Gasteiger partial charge is 0.308 e. The molecule has 0 aliphatic heterocycles. The van der Waals surface area contributed by atoms with Gasteiger partial charge in [0.25, 0.3) is 0 Å². The van der Waals surface area contributed by atoms with Gasteiger partial charge in [0, 0.05) is 0 Å². The topological polar surface area (TPSA) is 25.8 Å². The van der Waals surface area contributed by atoms with Gasteiger partial charge in [0.2, 0.25) is 0 Å². The number of nitrogens with zero attached hydrogens (tertiary/aromatic N) is 2. The molecule has 0 radical (unpaired) electrons. The van der Waals surface area contributed by atoms with E-state index in [-0.39, 0.29) is 0 Å². The van der Waals surface area contributed by atoms with Gasteiger partial charge in [0.1, 0.15) is 0 Å². The molecule has 0 unspecified atom stereocenters. The highest BCUT2D eigenvalue weighted by Crippen LogP contribution is 1.89. The van der Waals surface area contributed by atoms with Crippen molar-refractivity contribution in [3.63, 3.8) is 0 Å². The van der Waals surface area contributed by atoms with E-state index in [0.717, 1.165) is 12.4 Å². The highest BCUT2D eigenvalue weighted by atomic mass is 19.1. The van der Waals surface area contributed by atoms with Crippen LogP contribution in [0.4, 0.5) is 8.78 Å². The fraction of sp³-hybridized carbons (Fsp3) is 0. The zero-order valence-electron chi connectivity index (χ0n) is 3.81. The van der Waals surface area contributed by atoms with Gasteiger partial charge in [-0.25, -0.2) is 14.4 Å². The van der Waals surface area contributed by atoms with Crippen LogP contribution in [0.3, 0.4) is 0 Å². The molecular weight excluding hydrogens is 114 g/mol. The Kier molecular flexibility index (Phi) is 1.15. The van der Waals surface area contributed by atoms with E-state index >= 15 is 0 Å². The molecule has 1 rings (SSSR count). The summed E-state index contributed by atoms with van der Waals surface area (Å²) in [5.74, 6) is -0.633. The average molecular weight is 116 g/mol. The second-order valence-corrected chi connectivity index (χ2v) is 1.17. The van der Waals surface area contributed by atoms with Gasteiger partial charge in [-0.1, -0.05) is 0 Å². The number of halogens is 2. The Bertz CT molecular complexity index is 151. The zero-order valence-corrected chi connectivity index (χ0v) is 3.81. The molecule has 0 aromatic carbocycles. The van der Waals surface area contributed by atoms with Crippen molar-refractivity contribution in [3.8, 4) is 0 Å². The number of rotatable bonds is 0. The minimum atomic E-state index is -0.911. The molecule has 0 fully saturated rings. The Labute approximate surface area is 44.2 Å². The molecule has 8 heavy (non-hydrogen) atoms. The molecule has 1 aromatic rings. The van der Waals surface area contributed by atoms with E-state index in [1.54, 1.807) is 0 Å². The summed E-state index contributed by atoms with van der Waals surface area (Å²) in [6, 6.07) is 0. The van der Waals surface area contributed by atoms with E-state index in [2.05, 4.69) is 9.97 Å². The van der Waals surface area contributed by atoms with Crippen molar-refractivity contribution < 1.29 is 8.78 Å². The molecule has 2 nitrogen and oxygen atoms in total. The minimum Gasteiger partial charge on any atom is -0.208 e. The summed E-state index contributed by atoms with van der Waals surface area (Å²) in [4.78, 5) is 5.85. The first-order valence-electron chi connectivity index (χ1n) is 1.92. The van der Waals surface area contributed by atoms with E-state index in [0.29, 0.717) is 0 Å². The summed E-state index contributed by atoms with van der Waals surface area (Å²) >= 11 is 0. The predicted molar refractivity (Wildman–Crippen MR) is 21.9 cm³/mol.